The van der Waals surface area contributed by atoms with E-state index in [4.69, 9.17) is 10.5 Å². The van der Waals surface area contributed by atoms with Crippen LogP contribution in [0.15, 0.2) is 24.5 Å². The maximum Gasteiger partial charge on any atom is 0.323 e. The molecular weight excluding hydrogens is 251 g/mol. The third-order valence-electron chi connectivity index (χ3n) is 1.77. The highest BCUT2D eigenvalue weighted by molar-refractivity contribution is 5.85. The number of hydrogen-bond donors (Lipinski definition) is 1. The highest BCUT2D eigenvalue weighted by Crippen LogP contribution is 2.00. The maximum atomic E-state index is 11.2. The molecule has 16 heavy (non-hydrogen) atoms. The molecule has 0 radical (unpaired) electrons. The molecule has 0 aliphatic carbocycles. The molecule has 1 aromatic rings. The van der Waals surface area contributed by atoms with Crippen molar-refractivity contribution in [1.82, 2.24) is 4.98 Å². The topological polar surface area (TPSA) is 65.2 Å². The van der Waals surface area contributed by atoms with Crippen LogP contribution in [-0.4, -0.2) is 23.6 Å². The minimum atomic E-state index is -0.598. The molecule has 0 aliphatic rings. The van der Waals surface area contributed by atoms with Gasteiger partial charge < -0.3 is 10.5 Å². The highest BCUT2D eigenvalue weighted by atomic mass is 35.5. The van der Waals surface area contributed by atoms with Gasteiger partial charge in [0.25, 0.3) is 0 Å². The van der Waals surface area contributed by atoms with Crippen LogP contribution in [0.2, 0.25) is 0 Å². The molecule has 0 aromatic carbocycles. The fourth-order valence-electron chi connectivity index (χ4n) is 1.11. The smallest absolute Gasteiger partial charge is 0.323 e. The Morgan fingerprint density at radius 3 is 2.75 bits per heavy atom. The van der Waals surface area contributed by atoms with Gasteiger partial charge in [-0.15, -0.1) is 24.8 Å². The van der Waals surface area contributed by atoms with E-state index in [1.54, 1.807) is 19.3 Å². The van der Waals surface area contributed by atoms with Gasteiger partial charge in [0.15, 0.2) is 0 Å². The number of ether oxygens (including phenoxy) is 1. The molecule has 4 nitrogen and oxygen atoms in total. The van der Waals surface area contributed by atoms with Crippen LogP contribution in [0.25, 0.3) is 0 Å². The lowest BCUT2D eigenvalue weighted by Crippen LogP contribution is -2.34. The maximum absolute atomic E-state index is 11.2. The molecule has 1 atom stereocenters. The summed E-state index contributed by atoms with van der Waals surface area (Å²) in [5, 5.41) is 0. The summed E-state index contributed by atoms with van der Waals surface area (Å²) in [6, 6.07) is 3.10. The van der Waals surface area contributed by atoms with Gasteiger partial charge in [-0.25, -0.2) is 0 Å². The van der Waals surface area contributed by atoms with E-state index in [0.29, 0.717) is 13.0 Å². The van der Waals surface area contributed by atoms with Gasteiger partial charge in [-0.1, -0.05) is 6.07 Å². The first-order valence-corrected chi connectivity index (χ1v) is 4.55. The molecular formula is C10H16Cl2N2O2. The van der Waals surface area contributed by atoms with Crippen molar-refractivity contribution in [2.24, 2.45) is 5.73 Å². The number of esters is 1. The number of carbonyl (C=O) groups is 1. The van der Waals surface area contributed by atoms with Gasteiger partial charge in [0.1, 0.15) is 6.04 Å². The predicted octanol–water partition coefficient (Wildman–Crippen LogP) is 1.36. The van der Waals surface area contributed by atoms with E-state index in [1.807, 2.05) is 12.1 Å². The fourth-order valence-corrected chi connectivity index (χ4v) is 1.11. The molecule has 1 rings (SSSR count). The Labute approximate surface area is 107 Å². The fraction of sp³-hybridized carbons (Fsp3) is 0.400. The Balaban J connectivity index is 0. The zero-order valence-corrected chi connectivity index (χ0v) is 10.6. The summed E-state index contributed by atoms with van der Waals surface area (Å²) in [7, 11) is 0. The standard InChI is InChI=1S/C10H14N2O2.2ClH/c1-2-14-10(13)9(11)6-8-4-3-5-12-7-8;;/h3-5,7,9H,2,6,11H2,1H3;2*1H. The summed E-state index contributed by atoms with van der Waals surface area (Å²) in [4.78, 5) is 15.1. The highest BCUT2D eigenvalue weighted by Gasteiger charge is 2.14. The first kappa shape index (κ1) is 17.6. The summed E-state index contributed by atoms with van der Waals surface area (Å²) in [6.45, 7) is 2.12. The number of halogens is 2. The largest absolute Gasteiger partial charge is 0.465 e. The number of carbonyl (C=O) groups excluding carboxylic acids is 1. The first-order valence-electron chi connectivity index (χ1n) is 4.55. The van der Waals surface area contributed by atoms with Gasteiger partial charge in [0.2, 0.25) is 0 Å². The van der Waals surface area contributed by atoms with Crippen molar-refractivity contribution in [3.63, 3.8) is 0 Å². The van der Waals surface area contributed by atoms with Gasteiger partial charge in [-0.2, -0.15) is 0 Å². The van der Waals surface area contributed by atoms with Gasteiger partial charge >= 0.3 is 5.97 Å². The molecule has 0 saturated heterocycles. The van der Waals surface area contributed by atoms with E-state index in [2.05, 4.69) is 4.98 Å². The SMILES string of the molecule is CCOC(=O)C(N)Cc1cccnc1.Cl.Cl. The molecule has 1 unspecified atom stereocenters. The van der Waals surface area contributed by atoms with Crippen molar-refractivity contribution < 1.29 is 9.53 Å². The van der Waals surface area contributed by atoms with Crippen molar-refractivity contribution in [2.75, 3.05) is 6.61 Å². The zero-order chi connectivity index (χ0) is 10.4. The third kappa shape index (κ3) is 5.90. The average molecular weight is 267 g/mol. The molecule has 92 valence electrons. The van der Waals surface area contributed by atoms with Crippen molar-refractivity contribution in [3.8, 4) is 0 Å². The summed E-state index contributed by atoms with van der Waals surface area (Å²) in [6.07, 6.45) is 3.84. The van der Waals surface area contributed by atoms with E-state index in [0.717, 1.165) is 5.56 Å². The van der Waals surface area contributed by atoms with Crippen LogP contribution in [0.1, 0.15) is 12.5 Å². The average Bonchev–Trinajstić information content (AvgIpc) is 2.19. The normalized spacial score (nSPS) is 10.6. The van der Waals surface area contributed by atoms with E-state index < -0.39 is 6.04 Å². The lowest BCUT2D eigenvalue weighted by Gasteiger charge is -2.09. The van der Waals surface area contributed by atoms with E-state index in [-0.39, 0.29) is 30.8 Å². The molecule has 0 saturated carbocycles. The van der Waals surface area contributed by atoms with Crippen LogP contribution in [0.4, 0.5) is 0 Å². The molecule has 0 aliphatic heterocycles. The van der Waals surface area contributed by atoms with E-state index >= 15 is 0 Å². The molecule has 0 fully saturated rings. The van der Waals surface area contributed by atoms with Crippen LogP contribution in [0.5, 0.6) is 0 Å². The van der Waals surface area contributed by atoms with Crippen LogP contribution in [0, 0.1) is 0 Å². The Morgan fingerprint density at radius 2 is 2.25 bits per heavy atom. The lowest BCUT2D eigenvalue weighted by atomic mass is 10.1. The van der Waals surface area contributed by atoms with E-state index in [1.165, 1.54) is 0 Å². The second-order valence-corrected chi connectivity index (χ2v) is 2.92. The van der Waals surface area contributed by atoms with Crippen LogP contribution in [-0.2, 0) is 16.0 Å². The monoisotopic (exact) mass is 266 g/mol. The number of hydrogen-bond acceptors (Lipinski definition) is 4. The number of rotatable bonds is 4. The van der Waals surface area contributed by atoms with Crippen LogP contribution < -0.4 is 5.73 Å². The first-order chi connectivity index (χ1) is 6.74. The predicted molar refractivity (Wildman–Crippen MR) is 67.0 cm³/mol. The van der Waals surface area contributed by atoms with Gasteiger partial charge in [-0.05, 0) is 25.0 Å². The molecule has 0 bridgehead atoms. The molecule has 6 heteroatoms. The second-order valence-electron chi connectivity index (χ2n) is 2.92. The Bertz CT molecular complexity index is 296. The number of nitrogens with zero attached hydrogens (tertiary/aromatic N) is 1. The van der Waals surface area contributed by atoms with E-state index in [9.17, 15) is 4.79 Å². The summed E-state index contributed by atoms with van der Waals surface area (Å²) >= 11 is 0. The molecule has 2 N–H and O–H groups in total. The summed E-state index contributed by atoms with van der Waals surface area (Å²) in [5.74, 6) is -0.364. The van der Waals surface area contributed by atoms with Gasteiger partial charge in [0.05, 0.1) is 6.61 Å². The molecule has 0 amide bonds. The third-order valence-corrected chi connectivity index (χ3v) is 1.77. The molecule has 1 heterocycles. The minimum Gasteiger partial charge on any atom is -0.465 e. The zero-order valence-electron chi connectivity index (χ0n) is 8.96. The van der Waals surface area contributed by atoms with Crippen molar-refractivity contribution in [3.05, 3.63) is 30.1 Å². The van der Waals surface area contributed by atoms with Crippen molar-refractivity contribution in [2.45, 2.75) is 19.4 Å². The van der Waals surface area contributed by atoms with Gasteiger partial charge in [-0.3, -0.25) is 9.78 Å². The van der Waals surface area contributed by atoms with Crippen LogP contribution >= 0.6 is 24.8 Å². The quantitative estimate of drug-likeness (QED) is 0.836. The lowest BCUT2D eigenvalue weighted by molar-refractivity contribution is -0.144. The Morgan fingerprint density at radius 1 is 1.56 bits per heavy atom. The van der Waals surface area contributed by atoms with Crippen LogP contribution in [0.3, 0.4) is 0 Å². The number of pyridine rings is 1. The Kier molecular flexibility index (Phi) is 10.3. The summed E-state index contributed by atoms with van der Waals surface area (Å²) in [5.41, 5.74) is 6.57. The molecule has 0 spiro atoms. The summed E-state index contributed by atoms with van der Waals surface area (Å²) < 4.78 is 4.79. The second kappa shape index (κ2) is 9.39. The molecule has 1 aromatic heterocycles. The van der Waals surface area contributed by atoms with Gasteiger partial charge in [0, 0.05) is 12.4 Å². The number of aromatic nitrogens is 1. The minimum absolute atomic E-state index is 0. The number of nitrogens with two attached hydrogens (primary N) is 1. The van der Waals surface area contributed by atoms with Crippen molar-refractivity contribution >= 4 is 30.8 Å². The van der Waals surface area contributed by atoms with Crippen molar-refractivity contribution in [1.29, 1.82) is 0 Å². The Hall–Kier alpha value is -0.840.